The molecule has 0 saturated heterocycles. The minimum absolute atomic E-state index is 0.0419. The standard InChI is InChI=1S/C11H10N2O3S/c14-9-3-1-2-8(10(9)15)11(16)12-4-7-5-17-6-13-7/h1-3,5-6,14-15H,4H2,(H,12,16). The van der Waals surface area contributed by atoms with Crippen LogP contribution in [0.4, 0.5) is 0 Å². The van der Waals surface area contributed by atoms with E-state index in [-0.39, 0.29) is 17.9 Å². The van der Waals surface area contributed by atoms with Gasteiger partial charge in [-0.3, -0.25) is 4.79 Å². The second-order valence-corrected chi connectivity index (χ2v) is 4.05. The molecule has 0 fully saturated rings. The maximum atomic E-state index is 11.7. The van der Waals surface area contributed by atoms with E-state index in [0.29, 0.717) is 0 Å². The number of thiazole rings is 1. The van der Waals surface area contributed by atoms with Gasteiger partial charge < -0.3 is 15.5 Å². The van der Waals surface area contributed by atoms with Gasteiger partial charge in [0, 0.05) is 5.38 Å². The molecule has 0 atom stereocenters. The molecule has 5 nitrogen and oxygen atoms in total. The number of hydrogen-bond donors (Lipinski definition) is 3. The van der Waals surface area contributed by atoms with Crippen LogP contribution in [-0.4, -0.2) is 21.1 Å². The van der Waals surface area contributed by atoms with E-state index < -0.39 is 11.7 Å². The molecule has 1 heterocycles. The molecule has 88 valence electrons. The Morgan fingerprint density at radius 3 is 2.94 bits per heavy atom. The Bertz CT molecular complexity index is 526. The van der Waals surface area contributed by atoms with E-state index in [4.69, 9.17) is 0 Å². The molecule has 17 heavy (non-hydrogen) atoms. The maximum Gasteiger partial charge on any atom is 0.255 e. The number of phenols is 2. The molecule has 1 aromatic heterocycles. The summed E-state index contributed by atoms with van der Waals surface area (Å²) >= 11 is 1.44. The lowest BCUT2D eigenvalue weighted by Crippen LogP contribution is -2.22. The summed E-state index contributed by atoms with van der Waals surface area (Å²) in [7, 11) is 0. The van der Waals surface area contributed by atoms with Crippen LogP contribution in [0.25, 0.3) is 0 Å². The van der Waals surface area contributed by atoms with E-state index in [1.54, 1.807) is 5.51 Å². The summed E-state index contributed by atoms with van der Waals surface area (Å²) in [5.41, 5.74) is 2.47. The van der Waals surface area contributed by atoms with Crippen LogP contribution in [-0.2, 0) is 6.54 Å². The van der Waals surface area contributed by atoms with E-state index in [0.717, 1.165) is 5.69 Å². The van der Waals surface area contributed by atoms with Crippen LogP contribution in [0.1, 0.15) is 16.1 Å². The summed E-state index contributed by atoms with van der Waals surface area (Å²) in [6, 6.07) is 4.24. The smallest absolute Gasteiger partial charge is 0.255 e. The average molecular weight is 250 g/mol. The van der Waals surface area contributed by atoms with Crippen LogP contribution >= 0.6 is 11.3 Å². The molecule has 2 rings (SSSR count). The molecule has 0 unspecified atom stereocenters. The van der Waals surface area contributed by atoms with E-state index in [2.05, 4.69) is 10.3 Å². The molecule has 0 bridgehead atoms. The van der Waals surface area contributed by atoms with Gasteiger partial charge in [-0.2, -0.15) is 0 Å². The van der Waals surface area contributed by atoms with E-state index in [9.17, 15) is 15.0 Å². The summed E-state index contributed by atoms with van der Waals surface area (Å²) in [4.78, 5) is 15.7. The highest BCUT2D eigenvalue weighted by molar-refractivity contribution is 7.07. The zero-order valence-electron chi connectivity index (χ0n) is 8.75. The molecule has 0 spiro atoms. The lowest BCUT2D eigenvalue weighted by atomic mass is 10.1. The highest BCUT2D eigenvalue weighted by atomic mass is 32.1. The predicted molar refractivity (Wildman–Crippen MR) is 63.1 cm³/mol. The Labute approximate surface area is 101 Å². The second-order valence-electron chi connectivity index (χ2n) is 3.34. The van der Waals surface area contributed by atoms with Crippen LogP contribution in [0.3, 0.4) is 0 Å². The number of aromatic hydroxyl groups is 2. The van der Waals surface area contributed by atoms with Crippen molar-refractivity contribution in [2.24, 2.45) is 0 Å². The van der Waals surface area contributed by atoms with Crippen LogP contribution in [0.5, 0.6) is 11.5 Å². The summed E-state index contributed by atoms with van der Waals surface area (Å²) < 4.78 is 0. The molecule has 1 amide bonds. The first-order valence-electron chi connectivity index (χ1n) is 4.84. The summed E-state index contributed by atoms with van der Waals surface area (Å²) in [5.74, 6) is -1.18. The minimum atomic E-state index is -0.452. The number of hydrogen-bond acceptors (Lipinski definition) is 5. The number of aromatic nitrogens is 1. The van der Waals surface area contributed by atoms with Crippen molar-refractivity contribution in [3.63, 3.8) is 0 Å². The van der Waals surface area contributed by atoms with Gasteiger partial charge in [-0.1, -0.05) is 6.07 Å². The van der Waals surface area contributed by atoms with Gasteiger partial charge in [0.05, 0.1) is 23.3 Å². The van der Waals surface area contributed by atoms with Crippen molar-refractivity contribution in [3.05, 3.63) is 40.3 Å². The van der Waals surface area contributed by atoms with Crippen molar-refractivity contribution in [1.29, 1.82) is 0 Å². The molecule has 6 heteroatoms. The number of carbonyl (C=O) groups excluding carboxylic acids is 1. The molecule has 0 aliphatic rings. The number of nitrogens with zero attached hydrogens (tertiary/aromatic N) is 1. The fraction of sp³-hybridized carbons (Fsp3) is 0.0909. The molecule has 0 aliphatic carbocycles. The third-order valence-corrected chi connectivity index (χ3v) is 2.81. The molecule has 0 saturated carbocycles. The van der Waals surface area contributed by atoms with Gasteiger partial charge in [-0.05, 0) is 12.1 Å². The zero-order valence-corrected chi connectivity index (χ0v) is 9.57. The largest absolute Gasteiger partial charge is 0.504 e. The van der Waals surface area contributed by atoms with Gasteiger partial charge in [-0.25, -0.2) is 4.98 Å². The normalized spacial score (nSPS) is 10.1. The van der Waals surface area contributed by atoms with E-state index in [1.165, 1.54) is 29.5 Å². The third-order valence-electron chi connectivity index (χ3n) is 2.17. The van der Waals surface area contributed by atoms with Crippen molar-refractivity contribution in [1.82, 2.24) is 10.3 Å². The Balaban J connectivity index is 2.07. The monoisotopic (exact) mass is 250 g/mol. The summed E-state index contributed by atoms with van der Waals surface area (Å²) in [6.07, 6.45) is 0. The van der Waals surface area contributed by atoms with Gasteiger partial charge in [0.1, 0.15) is 0 Å². The first kappa shape index (κ1) is 11.4. The van der Waals surface area contributed by atoms with Crippen LogP contribution in [0.15, 0.2) is 29.1 Å². The summed E-state index contributed by atoms with van der Waals surface area (Å²) in [6.45, 7) is 0.289. The number of carbonyl (C=O) groups is 1. The average Bonchev–Trinajstić information content (AvgIpc) is 2.82. The van der Waals surface area contributed by atoms with Gasteiger partial charge >= 0.3 is 0 Å². The van der Waals surface area contributed by atoms with Crippen LogP contribution in [0, 0.1) is 0 Å². The lowest BCUT2D eigenvalue weighted by molar-refractivity contribution is 0.0947. The number of para-hydroxylation sites is 1. The first-order valence-corrected chi connectivity index (χ1v) is 5.79. The third kappa shape index (κ3) is 2.54. The fourth-order valence-corrected chi connectivity index (χ4v) is 1.86. The Morgan fingerprint density at radius 1 is 1.41 bits per heavy atom. The number of rotatable bonds is 3. The van der Waals surface area contributed by atoms with Crippen LogP contribution < -0.4 is 5.32 Å². The highest BCUT2D eigenvalue weighted by Crippen LogP contribution is 2.27. The first-order chi connectivity index (χ1) is 8.18. The van der Waals surface area contributed by atoms with Crippen molar-refractivity contribution in [2.75, 3.05) is 0 Å². The Morgan fingerprint density at radius 2 is 2.24 bits per heavy atom. The Hall–Kier alpha value is -2.08. The number of amides is 1. The van der Waals surface area contributed by atoms with Crippen molar-refractivity contribution in [3.8, 4) is 11.5 Å². The van der Waals surface area contributed by atoms with Gasteiger partial charge in [0.15, 0.2) is 11.5 Å². The second kappa shape index (κ2) is 4.84. The number of benzene rings is 1. The topological polar surface area (TPSA) is 82.5 Å². The van der Waals surface area contributed by atoms with E-state index in [1.807, 2.05) is 5.38 Å². The maximum absolute atomic E-state index is 11.7. The Kier molecular flexibility index (Phi) is 3.24. The van der Waals surface area contributed by atoms with Gasteiger partial charge in [0.2, 0.25) is 0 Å². The summed E-state index contributed by atoms with van der Waals surface area (Å²) in [5, 5.41) is 23.2. The van der Waals surface area contributed by atoms with Crippen LogP contribution in [0.2, 0.25) is 0 Å². The molecule has 3 N–H and O–H groups in total. The van der Waals surface area contributed by atoms with Crippen molar-refractivity contribution < 1.29 is 15.0 Å². The highest BCUT2D eigenvalue weighted by Gasteiger charge is 2.13. The molecular formula is C11H10N2O3S. The lowest BCUT2D eigenvalue weighted by Gasteiger charge is -2.06. The number of nitrogens with one attached hydrogen (secondary N) is 1. The van der Waals surface area contributed by atoms with Crippen molar-refractivity contribution >= 4 is 17.2 Å². The quantitative estimate of drug-likeness (QED) is 0.721. The van der Waals surface area contributed by atoms with Crippen molar-refractivity contribution in [2.45, 2.75) is 6.54 Å². The fourth-order valence-electron chi connectivity index (χ4n) is 1.31. The number of phenolic OH excluding ortho intramolecular Hbond substituents is 2. The van der Waals surface area contributed by atoms with Gasteiger partial charge in [0.25, 0.3) is 5.91 Å². The molecule has 2 aromatic rings. The van der Waals surface area contributed by atoms with Gasteiger partial charge in [-0.15, -0.1) is 11.3 Å². The van der Waals surface area contributed by atoms with E-state index >= 15 is 0 Å². The SMILES string of the molecule is O=C(NCc1cscn1)c1cccc(O)c1O. The minimum Gasteiger partial charge on any atom is -0.504 e. The molecule has 1 aromatic carbocycles. The zero-order chi connectivity index (χ0) is 12.3. The molecular weight excluding hydrogens is 240 g/mol. The molecule has 0 radical (unpaired) electrons. The predicted octanol–water partition coefficient (Wildman–Crippen LogP) is 1.48. The molecule has 0 aliphatic heterocycles.